The summed E-state index contributed by atoms with van der Waals surface area (Å²) in [5.74, 6) is -0.344. The molecule has 1 unspecified atom stereocenters. The van der Waals surface area contributed by atoms with Gasteiger partial charge in [0, 0.05) is 12.6 Å². The fraction of sp³-hybridized carbons (Fsp3) is 0.300. The van der Waals surface area contributed by atoms with Crippen molar-refractivity contribution in [2.75, 3.05) is 0 Å². The monoisotopic (exact) mass is 192 g/mol. The zero-order valence-electron chi connectivity index (χ0n) is 7.93. The largest absolute Gasteiger partial charge is 0.420 e. The van der Waals surface area contributed by atoms with E-state index in [4.69, 9.17) is 10.2 Å². The van der Waals surface area contributed by atoms with E-state index in [1.165, 1.54) is 0 Å². The maximum Gasteiger partial charge on any atom is 0.420 e. The Labute approximate surface area is 80.9 Å². The summed E-state index contributed by atoms with van der Waals surface area (Å²) in [6, 6.07) is 7.27. The van der Waals surface area contributed by atoms with Crippen molar-refractivity contribution < 1.29 is 4.42 Å². The Kier molecular flexibility index (Phi) is 2.13. The van der Waals surface area contributed by atoms with Crippen LogP contribution in [0, 0.1) is 0 Å². The van der Waals surface area contributed by atoms with Gasteiger partial charge in [0.15, 0.2) is 5.58 Å². The summed E-state index contributed by atoms with van der Waals surface area (Å²) in [6.45, 7) is 2.34. The van der Waals surface area contributed by atoms with Crippen LogP contribution in [0.2, 0.25) is 0 Å². The van der Waals surface area contributed by atoms with Crippen LogP contribution < -0.4 is 11.5 Å². The highest BCUT2D eigenvalue weighted by Gasteiger charge is 2.08. The maximum atomic E-state index is 11.4. The van der Waals surface area contributed by atoms with Crippen LogP contribution in [0.3, 0.4) is 0 Å². The topological polar surface area (TPSA) is 61.2 Å². The summed E-state index contributed by atoms with van der Waals surface area (Å²) in [5.41, 5.74) is 7.05. The van der Waals surface area contributed by atoms with E-state index >= 15 is 0 Å². The number of fused-ring (bicyclic) bond motifs is 1. The first-order valence-electron chi connectivity index (χ1n) is 4.52. The molecule has 2 rings (SSSR count). The summed E-state index contributed by atoms with van der Waals surface area (Å²) in [4.78, 5) is 11.4. The van der Waals surface area contributed by atoms with Crippen molar-refractivity contribution in [3.05, 3.63) is 34.8 Å². The number of nitrogens with zero attached hydrogens (tertiary/aromatic N) is 1. The van der Waals surface area contributed by atoms with Gasteiger partial charge in [-0.05, 0) is 19.1 Å². The normalized spacial score (nSPS) is 13.3. The number of rotatable bonds is 2. The summed E-state index contributed by atoms with van der Waals surface area (Å²) >= 11 is 0. The maximum absolute atomic E-state index is 11.4. The van der Waals surface area contributed by atoms with Gasteiger partial charge in [0.2, 0.25) is 0 Å². The average Bonchev–Trinajstić information content (AvgIpc) is 2.43. The zero-order valence-corrected chi connectivity index (χ0v) is 7.93. The fourth-order valence-electron chi connectivity index (χ4n) is 1.47. The Morgan fingerprint density at radius 3 is 2.93 bits per heavy atom. The van der Waals surface area contributed by atoms with Crippen molar-refractivity contribution in [1.29, 1.82) is 0 Å². The van der Waals surface area contributed by atoms with E-state index in [0.29, 0.717) is 12.1 Å². The second-order valence-electron chi connectivity index (χ2n) is 3.42. The molecule has 0 saturated carbocycles. The standard InChI is InChI=1S/C10H12N2O2/c1-7(11)6-12-8-4-2-3-5-9(8)14-10(12)13/h2-5,7H,6,11H2,1H3. The summed E-state index contributed by atoms with van der Waals surface area (Å²) < 4.78 is 6.61. The molecule has 0 aliphatic heterocycles. The lowest BCUT2D eigenvalue weighted by molar-refractivity contribution is 0.485. The van der Waals surface area contributed by atoms with Gasteiger partial charge < -0.3 is 10.2 Å². The second kappa shape index (κ2) is 3.31. The number of benzene rings is 1. The molecule has 0 aliphatic rings. The molecule has 74 valence electrons. The van der Waals surface area contributed by atoms with E-state index in [2.05, 4.69) is 0 Å². The summed E-state index contributed by atoms with van der Waals surface area (Å²) in [5, 5.41) is 0. The number of para-hydroxylation sites is 2. The molecule has 1 heterocycles. The van der Waals surface area contributed by atoms with E-state index in [0.717, 1.165) is 5.52 Å². The van der Waals surface area contributed by atoms with Gasteiger partial charge in [0.1, 0.15) is 0 Å². The Morgan fingerprint density at radius 1 is 1.50 bits per heavy atom. The fourth-order valence-corrected chi connectivity index (χ4v) is 1.47. The quantitative estimate of drug-likeness (QED) is 0.770. The van der Waals surface area contributed by atoms with E-state index in [9.17, 15) is 4.79 Å². The lowest BCUT2D eigenvalue weighted by Gasteiger charge is -2.04. The minimum Gasteiger partial charge on any atom is -0.408 e. The molecule has 1 atom stereocenters. The van der Waals surface area contributed by atoms with E-state index in [-0.39, 0.29) is 11.8 Å². The van der Waals surface area contributed by atoms with Crippen LogP contribution in [0.4, 0.5) is 0 Å². The number of aromatic nitrogens is 1. The first-order chi connectivity index (χ1) is 6.68. The summed E-state index contributed by atoms with van der Waals surface area (Å²) in [7, 11) is 0. The van der Waals surface area contributed by atoms with Crippen LogP contribution in [-0.4, -0.2) is 10.6 Å². The van der Waals surface area contributed by atoms with Crippen molar-refractivity contribution in [3.63, 3.8) is 0 Å². The number of nitrogens with two attached hydrogens (primary N) is 1. The van der Waals surface area contributed by atoms with Gasteiger partial charge in [-0.2, -0.15) is 0 Å². The third-order valence-corrected chi connectivity index (χ3v) is 2.04. The lowest BCUT2D eigenvalue weighted by Crippen LogP contribution is -2.27. The minimum absolute atomic E-state index is 0.0614. The van der Waals surface area contributed by atoms with Crippen molar-refractivity contribution in [2.24, 2.45) is 5.73 Å². The Hall–Kier alpha value is -1.55. The Balaban J connectivity index is 2.62. The Morgan fingerprint density at radius 2 is 2.21 bits per heavy atom. The molecule has 1 aromatic carbocycles. The smallest absolute Gasteiger partial charge is 0.408 e. The molecule has 0 saturated heterocycles. The third kappa shape index (κ3) is 1.44. The summed E-state index contributed by atoms with van der Waals surface area (Å²) in [6.07, 6.45) is 0. The number of hydrogen-bond donors (Lipinski definition) is 1. The van der Waals surface area contributed by atoms with Gasteiger partial charge in [-0.3, -0.25) is 4.57 Å². The molecule has 14 heavy (non-hydrogen) atoms. The molecule has 1 aromatic heterocycles. The average molecular weight is 192 g/mol. The first-order valence-corrected chi connectivity index (χ1v) is 4.52. The molecule has 0 fully saturated rings. The lowest BCUT2D eigenvalue weighted by atomic mass is 10.3. The van der Waals surface area contributed by atoms with Crippen molar-refractivity contribution in [2.45, 2.75) is 19.5 Å². The number of hydrogen-bond acceptors (Lipinski definition) is 3. The molecule has 0 radical (unpaired) electrons. The van der Waals surface area contributed by atoms with E-state index in [1.807, 2.05) is 25.1 Å². The van der Waals surface area contributed by atoms with Gasteiger partial charge in [-0.1, -0.05) is 12.1 Å². The van der Waals surface area contributed by atoms with Crippen LogP contribution in [0.25, 0.3) is 11.1 Å². The highest BCUT2D eigenvalue weighted by atomic mass is 16.4. The molecule has 0 spiro atoms. The van der Waals surface area contributed by atoms with Crippen molar-refractivity contribution >= 4 is 11.1 Å². The van der Waals surface area contributed by atoms with Crippen molar-refractivity contribution in [3.8, 4) is 0 Å². The predicted octanol–water partition coefficient (Wildman–Crippen LogP) is 0.942. The molecule has 2 aromatic rings. The van der Waals surface area contributed by atoms with Gasteiger partial charge >= 0.3 is 5.76 Å². The second-order valence-corrected chi connectivity index (χ2v) is 3.42. The molecule has 2 N–H and O–H groups in total. The van der Waals surface area contributed by atoms with Crippen LogP contribution in [0.15, 0.2) is 33.5 Å². The number of oxazole rings is 1. The molecule has 0 amide bonds. The molecule has 0 bridgehead atoms. The zero-order chi connectivity index (χ0) is 10.1. The van der Waals surface area contributed by atoms with E-state index in [1.54, 1.807) is 10.6 Å². The highest BCUT2D eigenvalue weighted by molar-refractivity contribution is 5.72. The van der Waals surface area contributed by atoms with Crippen LogP contribution in [-0.2, 0) is 6.54 Å². The highest BCUT2D eigenvalue weighted by Crippen LogP contribution is 2.11. The van der Waals surface area contributed by atoms with Gasteiger partial charge in [0.05, 0.1) is 5.52 Å². The molecule has 4 nitrogen and oxygen atoms in total. The van der Waals surface area contributed by atoms with E-state index < -0.39 is 0 Å². The van der Waals surface area contributed by atoms with Gasteiger partial charge in [-0.25, -0.2) is 4.79 Å². The molecular formula is C10H12N2O2. The molecule has 0 aliphatic carbocycles. The predicted molar refractivity (Wildman–Crippen MR) is 54.1 cm³/mol. The molecular weight excluding hydrogens is 180 g/mol. The van der Waals surface area contributed by atoms with Crippen LogP contribution in [0.5, 0.6) is 0 Å². The van der Waals surface area contributed by atoms with Crippen LogP contribution >= 0.6 is 0 Å². The third-order valence-electron chi connectivity index (χ3n) is 2.04. The SMILES string of the molecule is CC(N)Cn1c(=O)oc2ccccc21. The Bertz CT molecular complexity index is 496. The minimum atomic E-state index is -0.344. The van der Waals surface area contributed by atoms with Gasteiger partial charge in [0.25, 0.3) is 0 Å². The molecule has 4 heteroatoms. The first kappa shape index (κ1) is 9.02. The van der Waals surface area contributed by atoms with Crippen molar-refractivity contribution in [1.82, 2.24) is 4.57 Å². The van der Waals surface area contributed by atoms with Crippen LogP contribution in [0.1, 0.15) is 6.92 Å². The van der Waals surface area contributed by atoms with Gasteiger partial charge in [-0.15, -0.1) is 0 Å².